The van der Waals surface area contributed by atoms with Crippen LogP contribution in [0.3, 0.4) is 0 Å². The van der Waals surface area contributed by atoms with Gasteiger partial charge in [-0.25, -0.2) is 0 Å². The number of nitrogens with zero attached hydrogens (tertiary/aromatic N) is 1. The second kappa shape index (κ2) is 8.17. The first-order valence-corrected chi connectivity index (χ1v) is 9.56. The van der Waals surface area contributed by atoms with Crippen molar-refractivity contribution in [2.45, 2.75) is 83.5 Å². The Kier molecular flexibility index (Phi) is 5.97. The maximum absolute atomic E-state index is 2.74. The normalized spacial score (nSPS) is 26.2. The van der Waals surface area contributed by atoms with E-state index in [0.29, 0.717) is 0 Å². The monoisotopic (exact) mass is 287 g/mol. The van der Waals surface area contributed by atoms with Crippen LogP contribution in [-0.4, -0.2) is 24.5 Å². The van der Waals surface area contributed by atoms with Crippen molar-refractivity contribution in [1.29, 1.82) is 0 Å². The van der Waals surface area contributed by atoms with E-state index in [2.05, 4.69) is 11.0 Å². The van der Waals surface area contributed by atoms with Gasteiger partial charge in [-0.05, 0) is 88.4 Å². The maximum atomic E-state index is 2.74. The Hall–Kier alpha value is -0.560. The molecule has 1 nitrogen and oxygen atoms in total. The number of likely N-dealkylation sites (tertiary alicyclic amines) is 1. The average molecular weight is 287 g/mol. The van der Waals surface area contributed by atoms with Crippen molar-refractivity contribution in [2.75, 3.05) is 19.6 Å². The van der Waals surface area contributed by atoms with Crippen molar-refractivity contribution in [3.8, 4) is 0 Å². The van der Waals surface area contributed by atoms with Crippen LogP contribution in [0.5, 0.6) is 0 Å². The van der Waals surface area contributed by atoms with Crippen LogP contribution in [0.1, 0.15) is 83.5 Å². The molecular weight excluding hydrogens is 254 g/mol. The number of hydrogen-bond acceptors (Lipinski definition) is 1. The molecule has 1 heteroatoms. The van der Waals surface area contributed by atoms with Gasteiger partial charge >= 0.3 is 0 Å². The second-order valence-corrected chi connectivity index (χ2v) is 7.31. The van der Waals surface area contributed by atoms with E-state index in [-0.39, 0.29) is 0 Å². The summed E-state index contributed by atoms with van der Waals surface area (Å²) in [6, 6.07) is 0. The summed E-state index contributed by atoms with van der Waals surface area (Å²) in [5.74, 6) is 0. The van der Waals surface area contributed by atoms with Crippen LogP contribution in [0, 0.1) is 0 Å². The molecule has 0 amide bonds. The third kappa shape index (κ3) is 4.45. The van der Waals surface area contributed by atoms with Crippen LogP contribution in [0.2, 0.25) is 0 Å². The van der Waals surface area contributed by atoms with E-state index >= 15 is 0 Å². The van der Waals surface area contributed by atoms with E-state index in [9.17, 15) is 0 Å². The van der Waals surface area contributed by atoms with Gasteiger partial charge in [0, 0.05) is 6.54 Å². The standard InChI is InChI=1S/C20H33N/c1-2-6-12-18(11-5-1)20-14-8-3-7-13-19(20)17-21-15-9-4-10-16-21/h11H,1-10,12-17H2. The molecule has 1 saturated heterocycles. The van der Waals surface area contributed by atoms with Crippen LogP contribution >= 0.6 is 0 Å². The molecule has 0 unspecified atom stereocenters. The summed E-state index contributed by atoms with van der Waals surface area (Å²) in [5, 5.41) is 0. The fourth-order valence-electron chi connectivity index (χ4n) is 4.38. The molecular formula is C20H33N. The Morgan fingerprint density at radius 3 is 2.33 bits per heavy atom. The number of allylic oxidation sites excluding steroid dienone is 3. The first-order chi connectivity index (χ1) is 10.4. The van der Waals surface area contributed by atoms with E-state index in [4.69, 9.17) is 0 Å². The van der Waals surface area contributed by atoms with Crippen LogP contribution in [0.4, 0.5) is 0 Å². The Morgan fingerprint density at radius 2 is 1.43 bits per heavy atom. The fraction of sp³-hybridized carbons (Fsp3) is 0.800. The van der Waals surface area contributed by atoms with Gasteiger partial charge in [0.25, 0.3) is 0 Å². The van der Waals surface area contributed by atoms with Gasteiger partial charge in [-0.2, -0.15) is 0 Å². The van der Waals surface area contributed by atoms with Gasteiger partial charge in [0.2, 0.25) is 0 Å². The van der Waals surface area contributed by atoms with Gasteiger partial charge in [-0.1, -0.05) is 30.9 Å². The first kappa shape index (κ1) is 15.3. The summed E-state index contributed by atoms with van der Waals surface area (Å²) in [5.41, 5.74) is 5.38. The van der Waals surface area contributed by atoms with E-state index in [1.54, 1.807) is 11.1 Å². The fourth-order valence-corrected chi connectivity index (χ4v) is 4.38. The van der Waals surface area contributed by atoms with Gasteiger partial charge in [0.1, 0.15) is 0 Å². The van der Waals surface area contributed by atoms with E-state index in [1.807, 2.05) is 5.57 Å². The summed E-state index contributed by atoms with van der Waals surface area (Å²) in [4.78, 5) is 2.74. The SMILES string of the molecule is C1=C(C2=C(CN3CCCCC3)CCCCC2)CCCCC1. The lowest BCUT2D eigenvalue weighted by Crippen LogP contribution is -2.31. The molecule has 0 N–H and O–H groups in total. The Morgan fingerprint density at radius 1 is 0.714 bits per heavy atom. The zero-order chi connectivity index (χ0) is 14.3. The Labute approximate surface area is 131 Å². The molecule has 0 bridgehead atoms. The predicted molar refractivity (Wildman–Crippen MR) is 91.6 cm³/mol. The molecule has 0 aromatic carbocycles. The number of hydrogen-bond donors (Lipinski definition) is 0. The largest absolute Gasteiger partial charge is 0.299 e. The molecule has 118 valence electrons. The topological polar surface area (TPSA) is 3.24 Å². The minimum absolute atomic E-state index is 1.28. The smallest absolute Gasteiger partial charge is 0.0198 e. The highest BCUT2D eigenvalue weighted by Gasteiger charge is 2.19. The summed E-state index contributed by atoms with van der Waals surface area (Å²) in [6.07, 6.45) is 20.9. The predicted octanol–water partition coefficient (Wildman–Crippen LogP) is 5.62. The summed E-state index contributed by atoms with van der Waals surface area (Å²) < 4.78 is 0. The van der Waals surface area contributed by atoms with Crippen molar-refractivity contribution in [3.63, 3.8) is 0 Å². The van der Waals surface area contributed by atoms with E-state index in [1.165, 1.54) is 103 Å². The first-order valence-electron chi connectivity index (χ1n) is 9.56. The highest BCUT2D eigenvalue weighted by molar-refractivity contribution is 5.37. The zero-order valence-electron chi connectivity index (χ0n) is 13.8. The third-order valence-electron chi connectivity index (χ3n) is 5.62. The van der Waals surface area contributed by atoms with Crippen molar-refractivity contribution < 1.29 is 0 Å². The highest BCUT2D eigenvalue weighted by Crippen LogP contribution is 2.34. The maximum Gasteiger partial charge on any atom is 0.0198 e. The van der Waals surface area contributed by atoms with Gasteiger partial charge in [-0.3, -0.25) is 4.90 Å². The van der Waals surface area contributed by atoms with Crippen molar-refractivity contribution >= 4 is 0 Å². The minimum Gasteiger partial charge on any atom is -0.299 e. The van der Waals surface area contributed by atoms with Crippen molar-refractivity contribution in [1.82, 2.24) is 4.90 Å². The summed E-state index contributed by atoms with van der Waals surface area (Å²) >= 11 is 0. The molecule has 2 aliphatic carbocycles. The van der Waals surface area contributed by atoms with Crippen LogP contribution < -0.4 is 0 Å². The highest BCUT2D eigenvalue weighted by atomic mass is 15.1. The van der Waals surface area contributed by atoms with Gasteiger partial charge in [-0.15, -0.1) is 0 Å². The van der Waals surface area contributed by atoms with Gasteiger partial charge < -0.3 is 0 Å². The molecule has 0 aromatic rings. The Bertz CT molecular complexity index is 385. The average Bonchev–Trinajstić information content (AvgIpc) is 2.91. The molecule has 1 aliphatic heterocycles. The molecule has 0 radical (unpaired) electrons. The van der Waals surface area contributed by atoms with Crippen LogP contribution in [-0.2, 0) is 0 Å². The quantitative estimate of drug-likeness (QED) is 0.651. The molecule has 1 heterocycles. The van der Waals surface area contributed by atoms with E-state index < -0.39 is 0 Å². The molecule has 21 heavy (non-hydrogen) atoms. The Balaban J connectivity index is 1.76. The summed E-state index contributed by atoms with van der Waals surface area (Å²) in [7, 11) is 0. The third-order valence-corrected chi connectivity index (χ3v) is 5.62. The van der Waals surface area contributed by atoms with Crippen LogP contribution in [0.15, 0.2) is 22.8 Å². The lowest BCUT2D eigenvalue weighted by atomic mass is 9.92. The molecule has 3 aliphatic rings. The molecule has 0 spiro atoms. The van der Waals surface area contributed by atoms with Crippen molar-refractivity contribution in [2.24, 2.45) is 0 Å². The molecule has 0 aromatic heterocycles. The van der Waals surface area contributed by atoms with Gasteiger partial charge in [0.05, 0.1) is 0 Å². The summed E-state index contributed by atoms with van der Waals surface area (Å²) in [6.45, 7) is 3.97. The zero-order valence-corrected chi connectivity index (χ0v) is 13.8. The van der Waals surface area contributed by atoms with Crippen LogP contribution in [0.25, 0.3) is 0 Å². The minimum atomic E-state index is 1.28. The molecule has 3 rings (SSSR count). The molecule has 0 saturated carbocycles. The number of rotatable bonds is 3. The lowest BCUT2D eigenvalue weighted by Gasteiger charge is -2.29. The van der Waals surface area contributed by atoms with Crippen molar-refractivity contribution in [3.05, 3.63) is 22.8 Å². The van der Waals surface area contributed by atoms with Gasteiger partial charge in [0.15, 0.2) is 0 Å². The molecule has 0 atom stereocenters. The lowest BCUT2D eigenvalue weighted by molar-refractivity contribution is 0.244. The number of piperidine rings is 1. The second-order valence-electron chi connectivity index (χ2n) is 7.31. The molecule has 1 fully saturated rings. The van der Waals surface area contributed by atoms with E-state index in [0.717, 1.165) is 0 Å².